The van der Waals surface area contributed by atoms with Crippen molar-refractivity contribution in [2.24, 2.45) is 5.73 Å². The first-order chi connectivity index (χ1) is 7.17. The summed E-state index contributed by atoms with van der Waals surface area (Å²) in [7, 11) is 0. The van der Waals surface area contributed by atoms with Crippen molar-refractivity contribution in [2.45, 2.75) is 31.3 Å². The van der Waals surface area contributed by atoms with Crippen molar-refractivity contribution in [1.82, 2.24) is 0 Å². The summed E-state index contributed by atoms with van der Waals surface area (Å²) in [5.41, 5.74) is 6.87. The van der Waals surface area contributed by atoms with Gasteiger partial charge in [-0.3, -0.25) is 0 Å². The third-order valence-corrected chi connectivity index (χ3v) is 3.55. The van der Waals surface area contributed by atoms with E-state index in [1.165, 1.54) is 0 Å². The molecule has 1 aliphatic rings. The fourth-order valence-corrected chi connectivity index (χ4v) is 2.71. The smallest absolute Gasteiger partial charge is 0.0911 e. The summed E-state index contributed by atoms with van der Waals surface area (Å²) >= 11 is 6.13. The molecule has 0 bridgehead atoms. The standard InChI is InChI=1S/C12H16ClNO/c13-11-5-1-4-10-9(11)3-2-6-12(10,15)7-8-14/h1,4-5,15H,2-3,6-8,14H2. The predicted octanol–water partition coefficient (Wildman–Crippen LogP) is 2.21. The lowest BCUT2D eigenvalue weighted by atomic mass is 9.77. The molecule has 0 aliphatic heterocycles. The molecule has 0 saturated heterocycles. The molecule has 2 nitrogen and oxygen atoms in total. The SMILES string of the molecule is NCCC1(O)CCCc2c(Cl)cccc21. The van der Waals surface area contributed by atoms with E-state index in [0.29, 0.717) is 13.0 Å². The zero-order chi connectivity index (χ0) is 10.9. The lowest BCUT2D eigenvalue weighted by molar-refractivity contribution is 0.0125. The van der Waals surface area contributed by atoms with Gasteiger partial charge in [-0.2, -0.15) is 0 Å². The van der Waals surface area contributed by atoms with Gasteiger partial charge in [-0.15, -0.1) is 0 Å². The van der Waals surface area contributed by atoms with Crippen LogP contribution in [0.1, 0.15) is 30.4 Å². The molecule has 0 fully saturated rings. The van der Waals surface area contributed by atoms with Crippen molar-refractivity contribution in [3.63, 3.8) is 0 Å². The third-order valence-electron chi connectivity index (χ3n) is 3.20. The molecule has 0 aromatic heterocycles. The van der Waals surface area contributed by atoms with Gasteiger partial charge in [-0.05, 0) is 49.4 Å². The fourth-order valence-electron chi connectivity index (χ4n) is 2.44. The molecule has 1 unspecified atom stereocenters. The van der Waals surface area contributed by atoms with Crippen LogP contribution in [0.3, 0.4) is 0 Å². The summed E-state index contributed by atoms with van der Waals surface area (Å²) in [6.45, 7) is 0.502. The molecule has 1 aliphatic carbocycles. The maximum absolute atomic E-state index is 10.5. The molecular weight excluding hydrogens is 210 g/mol. The molecule has 0 amide bonds. The third kappa shape index (κ3) is 1.89. The number of benzene rings is 1. The molecule has 3 N–H and O–H groups in total. The van der Waals surface area contributed by atoms with Crippen molar-refractivity contribution in [3.05, 3.63) is 34.3 Å². The first kappa shape index (κ1) is 10.9. The quantitative estimate of drug-likeness (QED) is 0.811. The Morgan fingerprint density at radius 1 is 1.47 bits per heavy atom. The summed E-state index contributed by atoms with van der Waals surface area (Å²) in [5, 5.41) is 11.3. The van der Waals surface area contributed by atoms with Crippen LogP contribution in [0.15, 0.2) is 18.2 Å². The van der Waals surface area contributed by atoms with Crippen LogP contribution in [-0.4, -0.2) is 11.7 Å². The van der Waals surface area contributed by atoms with Crippen LogP contribution in [0.25, 0.3) is 0 Å². The molecule has 0 radical (unpaired) electrons. The molecule has 0 heterocycles. The molecule has 1 atom stereocenters. The van der Waals surface area contributed by atoms with E-state index in [1.54, 1.807) is 0 Å². The average Bonchev–Trinajstić information content (AvgIpc) is 2.20. The van der Waals surface area contributed by atoms with Crippen LogP contribution in [0, 0.1) is 0 Å². The van der Waals surface area contributed by atoms with Gasteiger partial charge in [0.2, 0.25) is 0 Å². The summed E-state index contributed by atoms with van der Waals surface area (Å²) in [6.07, 6.45) is 3.34. The monoisotopic (exact) mass is 225 g/mol. The van der Waals surface area contributed by atoms with Crippen LogP contribution in [0.5, 0.6) is 0 Å². The number of nitrogens with two attached hydrogens (primary N) is 1. The zero-order valence-electron chi connectivity index (χ0n) is 8.67. The Balaban J connectivity index is 2.46. The Kier molecular flexibility index (Phi) is 3.01. The molecule has 0 saturated carbocycles. The number of fused-ring (bicyclic) bond motifs is 1. The van der Waals surface area contributed by atoms with Gasteiger partial charge in [0.25, 0.3) is 0 Å². The minimum atomic E-state index is -0.757. The molecule has 1 aromatic carbocycles. The molecule has 15 heavy (non-hydrogen) atoms. The first-order valence-electron chi connectivity index (χ1n) is 5.38. The topological polar surface area (TPSA) is 46.2 Å². The zero-order valence-corrected chi connectivity index (χ0v) is 9.43. The van der Waals surface area contributed by atoms with E-state index in [1.807, 2.05) is 18.2 Å². The minimum Gasteiger partial charge on any atom is -0.385 e. The van der Waals surface area contributed by atoms with E-state index in [2.05, 4.69) is 0 Å². The first-order valence-corrected chi connectivity index (χ1v) is 5.75. The predicted molar refractivity (Wildman–Crippen MR) is 62.0 cm³/mol. The molecular formula is C12H16ClNO. The second-order valence-corrected chi connectivity index (χ2v) is 4.60. The van der Waals surface area contributed by atoms with E-state index in [0.717, 1.165) is 35.4 Å². The largest absolute Gasteiger partial charge is 0.385 e. The maximum Gasteiger partial charge on any atom is 0.0911 e. The minimum absolute atomic E-state index is 0.502. The number of halogens is 1. The molecule has 2 rings (SSSR count). The second-order valence-electron chi connectivity index (χ2n) is 4.19. The molecule has 1 aromatic rings. The van der Waals surface area contributed by atoms with E-state index < -0.39 is 5.60 Å². The molecule has 0 spiro atoms. The van der Waals surface area contributed by atoms with Crippen LogP contribution in [0.2, 0.25) is 5.02 Å². The Bertz CT molecular complexity index is 367. The van der Waals surface area contributed by atoms with Crippen molar-refractivity contribution in [1.29, 1.82) is 0 Å². The second kappa shape index (κ2) is 4.12. The summed E-state index contributed by atoms with van der Waals surface area (Å²) < 4.78 is 0. The van der Waals surface area contributed by atoms with E-state index in [9.17, 15) is 5.11 Å². The van der Waals surface area contributed by atoms with Crippen LogP contribution in [0.4, 0.5) is 0 Å². The highest BCUT2D eigenvalue weighted by molar-refractivity contribution is 6.31. The fraction of sp³-hybridized carbons (Fsp3) is 0.500. The Labute approximate surface area is 95.1 Å². The maximum atomic E-state index is 10.5. The summed E-state index contributed by atoms with van der Waals surface area (Å²) in [4.78, 5) is 0. The number of rotatable bonds is 2. The van der Waals surface area contributed by atoms with Crippen molar-refractivity contribution in [3.8, 4) is 0 Å². The highest BCUT2D eigenvalue weighted by Crippen LogP contribution is 2.39. The number of aliphatic hydroxyl groups is 1. The van der Waals surface area contributed by atoms with Gasteiger partial charge < -0.3 is 10.8 Å². The summed E-state index contributed by atoms with van der Waals surface area (Å²) in [6, 6.07) is 5.75. The molecule has 82 valence electrons. The van der Waals surface area contributed by atoms with Crippen LogP contribution >= 0.6 is 11.6 Å². The van der Waals surface area contributed by atoms with Gasteiger partial charge in [0.05, 0.1) is 5.60 Å². The van der Waals surface area contributed by atoms with Crippen LogP contribution in [-0.2, 0) is 12.0 Å². The lowest BCUT2D eigenvalue weighted by Crippen LogP contribution is -2.33. The van der Waals surface area contributed by atoms with E-state index in [-0.39, 0.29) is 0 Å². The van der Waals surface area contributed by atoms with E-state index in [4.69, 9.17) is 17.3 Å². The Hall–Kier alpha value is -0.570. The van der Waals surface area contributed by atoms with Gasteiger partial charge in [0, 0.05) is 5.02 Å². The molecule has 3 heteroatoms. The van der Waals surface area contributed by atoms with Gasteiger partial charge in [0.1, 0.15) is 0 Å². The van der Waals surface area contributed by atoms with Gasteiger partial charge in [-0.25, -0.2) is 0 Å². The van der Waals surface area contributed by atoms with Gasteiger partial charge in [0.15, 0.2) is 0 Å². The average molecular weight is 226 g/mol. The Morgan fingerprint density at radius 2 is 2.27 bits per heavy atom. The number of hydrogen-bond acceptors (Lipinski definition) is 2. The lowest BCUT2D eigenvalue weighted by Gasteiger charge is -2.34. The highest BCUT2D eigenvalue weighted by Gasteiger charge is 2.34. The van der Waals surface area contributed by atoms with Crippen molar-refractivity contribution >= 4 is 11.6 Å². The Morgan fingerprint density at radius 3 is 3.00 bits per heavy atom. The summed E-state index contributed by atoms with van der Waals surface area (Å²) in [5.74, 6) is 0. The number of hydrogen-bond donors (Lipinski definition) is 2. The van der Waals surface area contributed by atoms with Crippen molar-refractivity contribution in [2.75, 3.05) is 6.54 Å². The van der Waals surface area contributed by atoms with E-state index >= 15 is 0 Å². The normalized spacial score (nSPS) is 25.0. The highest BCUT2D eigenvalue weighted by atomic mass is 35.5. The van der Waals surface area contributed by atoms with Gasteiger partial charge in [-0.1, -0.05) is 23.7 Å². The van der Waals surface area contributed by atoms with Crippen molar-refractivity contribution < 1.29 is 5.11 Å². The van der Waals surface area contributed by atoms with Gasteiger partial charge >= 0.3 is 0 Å². The van der Waals surface area contributed by atoms with Crippen LogP contribution < -0.4 is 5.73 Å².